The van der Waals surface area contributed by atoms with E-state index in [0.717, 1.165) is 22.0 Å². The lowest BCUT2D eigenvalue weighted by Crippen LogP contribution is -2.43. The van der Waals surface area contributed by atoms with Gasteiger partial charge in [0.2, 0.25) is 8.32 Å². The van der Waals surface area contributed by atoms with Crippen LogP contribution in [-0.4, -0.2) is 18.8 Å². The molecule has 0 unspecified atom stereocenters. The molecule has 0 aliphatic carbocycles. The summed E-state index contributed by atoms with van der Waals surface area (Å²) in [4.78, 5) is 0. The van der Waals surface area contributed by atoms with Crippen molar-refractivity contribution in [2.24, 2.45) is 0 Å². The number of rotatable bonds is 4. The largest absolute Gasteiger partial charge is 0.460 e. The zero-order valence-electron chi connectivity index (χ0n) is 11.0. The average Bonchev–Trinajstić information content (AvgIpc) is 2.40. The number of hydrogen-bond donors (Lipinski definition) is 0. The maximum atomic E-state index is 5.76. The van der Waals surface area contributed by atoms with E-state index in [1.54, 1.807) is 0 Å². The van der Waals surface area contributed by atoms with Crippen molar-refractivity contribution in [1.29, 1.82) is 0 Å². The first-order valence-corrected chi connectivity index (χ1v) is 9.73. The predicted octanol–water partition coefficient (Wildman–Crippen LogP) is 2.19. The van der Waals surface area contributed by atoms with Gasteiger partial charge in [-0.2, -0.15) is 0 Å². The highest BCUT2D eigenvalue weighted by atomic mass is 28.4. The quantitative estimate of drug-likeness (QED) is 0.796. The Hall–Kier alpha value is -1.37. The zero-order chi connectivity index (χ0) is 13.0. The molecule has 0 fully saturated rings. The second-order valence-corrected chi connectivity index (χ2v) is 9.88. The molecule has 2 aromatic carbocycles. The predicted molar refractivity (Wildman–Crippen MR) is 81.1 cm³/mol. The molecule has 0 aromatic heterocycles. The van der Waals surface area contributed by atoms with Gasteiger partial charge in [0.1, 0.15) is 22.0 Å². The summed E-state index contributed by atoms with van der Waals surface area (Å²) < 4.78 is 11.5. The minimum atomic E-state index is -1.66. The molecule has 0 saturated carbocycles. The fourth-order valence-corrected chi connectivity index (χ4v) is 3.58. The molecular formula is C14H18O2Si2. The smallest absolute Gasteiger partial charge is 0.205 e. The summed E-state index contributed by atoms with van der Waals surface area (Å²) in [5, 5.41) is 1.30. The molecule has 0 bridgehead atoms. The minimum Gasteiger partial charge on any atom is -0.460 e. The first kappa shape index (κ1) is 13.1. The van der Waals surface area contributed by atoms with Crippen LogP contribution in [0.2, 0.25) is 13.1 Å². The van der Waals surface area contributed by atoms with E-state index in [1.807, 2.05) is 42.5 Å². The van der Waals surface area contributed by atoms with Gasteiger partial charge >= 0.3 is 0 Å². The SMILES string of the molecule is C[Si](C)(O[SiH3])c1ccc(Oc2ccccc2)cc1. The van der Waals surface area contributed by atoms with Gasteiger partial charge in [-0.05, 0) is 42.5 Å². The third kappa shape index (κ3) is 3.10. The van der Waals surface area contributed by atoms with Crippen LogP contribution in [-0.2, 0) is 4.12 Å². The van der Waals surface area contributed by atoms with Crippen molar-refractivity contribution in [1.82, 2.24) is 0 Å². The highest BCUT2D eigenvalue weighted by Crippen LogP contribution is 2.20. The van der Waals surface area contributed by atoms with Gasteiger partial charge in [-0.3, -0.25) is 0 Å². The molecule has 2 rings (SSSR count). The van der Waals surface area contributed by atoms with E-state index in [2.05, 4.69) is 25.2 Å². The summed E-state index contributed by atoms with van der Waals surface area (Å²) in [5.74, 6) is 1.73. The molecule has 2 aromatic rings. The summed E-state index contributed by atoms with van der Waals surface area (Å²) in [6, 6.07) is 18.1. The highest BCUT2D eigenvalue weighted by molar-refractivity contribution is 6.86. The standard InChI is InChI=1S/C14H18O2Si2/c1-18(2,16-17)14-10-8-13(9-11-14)15-12-6-4-3-5-7-12/h3-11H,1-2,17H3. The molecule has 0 atom stereocenters. The van der Waals surface area contributed by atoms with E-state index in [-0.39, 0.29) is 0 Å². The van der Waals surface area contributed by atoms with Gasteiger partial charge in [-0.15, -0.1) is 0 Å². The van der Waals surface area contributed by atoms with Crippen molar-refractivity contribution in [2.75, 3.05) is 0 Å². The summed E-state index contributed by atoms with van der Waals surface area (Å²) in [5.41, 5.74) is 0. The van der Waals surface area contributed by atoms with Crippen LogP contribution in [0.4, 0.5) is 0 Å². The molecule has 0 N–H and O–H groups in total. The fraction of sp³-hybridized carbons (Fsp3) is 0.143. The Balaban J connectivity index is 2.14. The molecule has 0 amide bonds. The molecule has 0 radical (unpaired) electrons. The van der Waals surface area contributed by atoms with Gasteiger partial charge in [-0.1, -0.05) is 30.3 Å². The maximum Gasteiger partial charge on any atom is 0.205 e. The van der Waals surface area contributed by atoms with Gasteiger partial charge in [0.15, 0.2) is 0 Å². The van der Waals surface area contributed by atoms with Crippen LogP contribution in [0.1, 0.15) is 0 Å². The molecule has 4 heteroatoms. The van der Waals surface area contributed by atoms with Crippen molar-refractivity contribution in [3.8, 4) is 11.5 Å². The van der Waals surface area contributed by atoms with E-state index in [9.17, 15) is 0 Å². The van der Waals surface area contributed by atoms with Gasteiger partial charge in [0.05, 0.1) is 0 Å². The third-order valence-corrected chi connectivity index (χ3v) is 8.84. The maximum absolute atomic E-state index is 5.76. The van der Waals surface area contributed by atoms with E-state index in [1.165, 1.54) is 5.19 Å². The van der Waals surface area contributed by atoms with E-state index in [0.29, 0.717) is 0 Å². The van der Waals surface area contributed by atoms with Crippen LogP contribution < -0.4 is 9.92 Å². The molecule has 94 valence electrons. The van der Waals surface area contributed by atoms with Crippen molar-refractivity contribution in [3.05, 3.63) is 54.6 Å². The van der Waals surface area contributed by atoms with Gasteiger partial charge in [0.25, 0.3) is 0 Å². The van der Waals surface area contributed by atoms with Gasteiger partial charge in [0, 0.05) is 0 Å². The van der Waals surface area contributed by atoms with Crippen LogP contribution in [0.15, 0.2) is 54.6 Å². The second-order valence-electron chi connectivity index (χ2n) is 4.65. The van der Waals surface area contributed by atoms with Gasteiger partial charge < -0.3 is 8.85 Å². The van der Waals surface area contributed by atoms with Crippen LogP contribution >= 0.6 is 0 Å². The van der Waals surface area contributed by atoms with Crippen molar-refractivity contribution in [3.63, 3.8) is 0 Å². The first-order chi connectivity index (χ1) is 8.62. The topological polar surface area (TPSA) is 18.5 Å². The van der Waals surface area contributed by atoms with Crippen molar-refractivity contribution in [2.45, 2.75) is 13.1 Å². The van der Waals surface area contributed by atoms with Crippen molar-refractivity contribution >= 4 is 24.0 Å². The van der Waals surface area contributed by atoms with Crippen LogP contribution in [0.3, 0.4) is 0 Å². The average molecular weight is 274 g/mol. The summed E-state index contributed by atoms with van der Waals surface area (Å²) in [7, 11) is -0.870. The normalized spacial score (nSPS) is 11.4. The summed E-state index contributed by atoms with van der Waals surface area (Å²) in [6.07, 6.45) is 0. The molecule has 0 saturated heterocycles. The summed E-state index contributed by atoms with van der Waals surface area (Å²) >= 11 is 0. The molecule has 0 spiro atoms. The van der Waals surface area contributed by atoms with Crippen LogP contribution in [0.25, 0.3) is 0 Å². The Morgan fingerprint density at radius 3 is 1.94 bits per heavy atom. The van der Waals surface area contributed by atoms with Crippen molar-refractivity contribution < 1.29 is 8.85 Å². The van der Waals surface area contributed by atoms with Crippen LogP contribution in [0.5, 0.6) is 11.5 Å². The fourth-order valence-electron chi connectivity index (χ4n) is 1.67. The second kappa shape index (κ2) is 5.52. The molecule has 0 heterocycles. The minimum absolute atomic E-state index is 0.792. The third-order valence-electron chi connectivity index (χ3n) is 3.04. The summed E-state index contributed by atoms with van der Waals surface area (Å²) in [6.45, 7) is 4.43. The molecule has 0 aliphatic heterocycles. The van der Waals surface area contributed by atoms with E-state index >= 15 is 0 Å². The lowest BCUT2D eigenvalue weighted by atomic mass is 10.3. The van der Waals surface area contributed by atoms with E-state index in [4.69, 9.17) is 8.85 Å². The molecule has 2 nitrogen and oxygen atoms in total. The Bertz CT molecular complexity index is 495. The Morgan fingerprint density at radius 2 is 1.39 bits per heavy atom. The number of para-hydroxylation sites is 1. The highest BCUT2D eigenvalue weighted by Gasteiger charge is 2.22. The monoisotopic (exact) mass is 274 g/mol. The molecule has 18 heavy (non-hydrogen) atoms. The Morgan fingerprint density at radius 1 is 0.833 bits per heavy atom. The lowest BCUT2D eigenvalue weighted by molar-refractivity contribution is 0.483. The lowest BCUT2D eigenvalue weighted by Gasteiger charge is -2.21. The first-order valence-electron chi connectivity index (χ1n) is 6.00. The van der Waals surface area contributed by atoms with E-state index < -0.39 is 8.32 Å². The Kier molecular flexibility index (Phi) is 4.01. The molecular weight excluding hydrogens is 256 g/mol. The zero-order valence-corrected chi connectivity index (χ0v) is 14.0. The number of hydrogen-bond acceptors (Lipinski definition) is 2. The number of ether oxygens (including phenoxy) is 1. The molecule has 0 aliphatic rings. The number of benzene rings is 2. The Labute approximate surface area is 112 Å². The van der Waals surface area contributed by atoms with Gasteiger partial charge in [-0.25, -0.2) is 0 Å². The van der Waals surface area contributed by atoms with Crippen LogP contribution in [0, 0.1) is 0 Å².